The van der Waals surface area contributed by atoms with E-state index in [1.165, 1.54) is 11.1 Å². The van der Waals surface area contributed by atoms with E-state index in [-0.39, 0.29) is 0 Å². The third-order valence-electron chi connectivity index (χ3n) is 3.72. The molecule has 2 aromatic carbocycles. The summed E-state index contributed by atoms with van der Waals surface area (Å²) in [6.07, 6.45) is 1.69. The molecule has 0 unspecified atom stereocenters. The summed E-state index contributed by atoms with van der Waals surface area (Å²) >= 11 is 5.62. The van der Waals surface area contributed by atoms with Crippen molar-refractivity contribution in [3.8, 4) is 0 Å². The molecule has 1 aromatic heterocycles. The third-order valence-corrected chi connectivity index (χ3v) is 4.12. The maximum absolute atomic E-state index is 5.62. The number of benzene rings is 2. The van der Waals surface area contributed by atoms with Crippen LogP contribution in [-0.2, 0) is 19.6 Å². The lowest BCUT2D eigenvalue weighted by molar-refractivity contribution is 0.351. The summed E-state index contributed by atoms with van der Waals surface area (Å²) in [5.41, 5.74) is 2.42. The predicted molar refractivity (Wildman–Crippen MR) is 100 cm³/mol. The van der Waals surface area contributed by atoms with Gasteiger partial charge in [0.1, 0.15) is 5.76 Å². The van der Waals surface area contributed by atoms with Gasteiger partial charge in [0, 0.05) is 13.1 Å². The molecule has 24 heavy (non-hydrogen) atoms. The van der Waals surface area contributed by atoms with Crippen LogP contribution in [0.15, 0.2) is 83.5 Å². The molecule has 122 valence electrons. The molecule has 0 atom stereocenters. The van der Waals surface area contributed by atoms with Gasteiger partial charge in [-0.05, 0) is 35.5 Å². The Morgan fingerprint density at radius 3 is 2.12 bits per heavy atom. The van der Waals surface area contributed by atoms with Gasteiger partial charge in [-0.1, -0.05) is 60.7 Å². The van der Waals surface area contributed by atoms with Crippen LogP contribution in [0.4, 0.5) is 0 Å². The fourth-order valence-corrected chi connectivity index (χ4v) is 2.68. The zero-order valence-corrected chi connectivity index (χ0v) is 14.2. The molecule has 3 aromatic rings. The second-order valence-corrected chi connectivity index (χ2v) is 5.95. The van der Waals surface area contributed by atoms with Crippen molar-refractivity contribution >= 4 is 17.3 Å². The standard InChI is InChI=1S/C20H20N2OS/c24-20(21-14-17-8-3-1-4-9-17)22(16-19-12-7-13-23-19)15-18-10-5-2-6-11-18/h1-13H,14-16H2,(H,21,24). The molecule has 0 aliphatic heterocycles. The highest BCUT2D eigenvalue weighted by atomic mass is 32.1. The molecule has 0 amide bonds. The summed E-state index contributed by atoms with van der Waals surface area (Å²) in [5.74, 6) is 0.898. The van der Waals surface area contributed by atoms with Gasteiger partial charge in [-0.25, -0.2) is 0 Å². The number of nitrogens with one attached hydrogen (secondary N) is 1. The molecular formula is C20H20N2OS. The normalized spacial score (nSPS) is 10.3. The van der Waals surface area contributed by atoms with Crippen molar-refractivity contribution in [2.45, 2.75) is 19.6 Å². The van der Waals surface area contributed by atoms with E-state index in [0.717, 1.165) is 17.4 Å². The largest absolute Gasteiger partial charge is 0.467 e. The lowest BCUT2D eigenvalue weighted by atomic mass is 10.2. The van der Waals surface area contributed by atoms with E-state index in [9.17, 15) is 0 Å². The molecule has 0 radical (unpaired) electrons. The molecule has 0 aliphatic carbocycles. The van der Waals surface area contributed by atoms with Gasteiger partial charge in [0.15, 0.2) is 5.11 Å². The van der Waals surface area contributed by atoms with Crippen LogP contribution in [0, 0.1) is 0 Å². The van der Waals surface area contributed by atoms with Crippen molar-refractivity contribution in [2.75, 3.05) is 0 Å². The van der Waals surface area contributed by atoms with E-state index >= 15 is 0 Å². The minimum absolute atomic E-state index is 0.641. The summed E-state index contributed by atoms with van der Waals surface area (Å²) in [4.78, 5) is 2.12. The Balaban J connectivity index is 1.67. The number of furan rings is 1. The number of hydrogen-bond donors (Lipinski definition) is 1. The highest BCUT2D eigenvalue weighted by Crippen LogP contribution is 2.11. The molecule has 0 spiro atoms. The van der Waals surface area contributed by atoms with Crippen LogP contribution < -0.4 is 5.32 Å². The van der Waals surface area contributed by atoms with Gasteiger partial charge in [0.2, 0.25) is 0 Å². The van der Waals surface area contributed by atoms with Crippen molar-refractivity contribution in [1.29, 1.82) is 0 Å². The van der Waals surface area contributed by atoms with Crippen molar-refractivity contribution in [3.63, 3.8) is 0 Å². The lowest BCUT2D eigenvalue weighted by Crippen LogP contribution is -2.38. The maximum Gasteiger partial charge on any atom is 0.169 e. The Morgan fingerprint density at radius 1 is 0.833 bits per heavy atom. The Labute approximate surface area is 147 Å². The molecule has 4 heteroatoms. The Kier molecular flexibility index (Phi) is 5.64. The fraction of sp³-hybridized carbons (Fsp3) is 0.150. The van der Waals surface area contributed by atoms with Crippen LogP contribution in [-0.4, -0.2) is 10.0 Å². The van der Waals surface area contributed by atoms with E-state index in [4.69, 9.17) is 16.6 Å². The molecule has 1 N–H and O–H groups in total. The smallest absolute Gasteiger partial charge is 0.169 e. The van der Waals surface area contributed by atoms with Gasteiger partial charge in [-0.15, -0.1) is 0 Å². The Morgan fingerprint density at radius 2 is 1.50 bits per heavy atom. The summed E-state index contributed by atoms with van der Waals surface area (Å²) < 4.78 is 5.49. The average Bonchev–Trinajstić information content (AvgIpc) is 3.14. The predicted octanol–water partition coefficient (Wildman–Crippen LogP) is 4.36. The zero-order valence-electron chi connectivity index (χ0n) is 13.4. The number of thiocarbonyl (C=S) groups is 1. The fourth-order valence-electron chi connectivity index (χ4n) is 2.48. The maximum atomic E-state index is 5.62. The van der Waals surface area contributed by atoms with Crippen LogP contribution in [0.25, 0.3) is 0 Å². The lowest BCUT2D eigenvalue weighted by Gasteiger charge is -2.25. The SMILES string of the molecule is S=C(NCc1ccccc1)N(Cc1ccccc1)Cc1ccco1. The molecule has 0 fully saturated rings. The van der Waals surface area contributed by atoms with Gasteiger partial charge in [0.05, 0.1) is 12.8 Å². The molecule has 0 aliphatic rings. The van der Waals surface area contributed by atoms with Gasteiger partial charge in [-0.3, -0.25) is 0 Å². The Hall–Kier alpha value is -2.59. The second-order valence-electron chi connectivity index (χ2n) is 5.57. The van der Waals surface area contributed by atoms with Gasteiger partial charge >= 0.3 is 0 Å². The third kappa shape index (κ3) is 4.70. The van der Waals surface area contributed by atoms with Gasteiger partial charge in [0.25, 0.3) is 0 Å². The topological polar surface area (TPSA) is 28.4 Å². The zero-order chi connectivity index (χ0) is 16.6. The van der Waals surface area contributed by atoms with E-state index in [0.29, 0.717) is 13.1 Å². The van der Waals surface area contributed by atoms with Crippen LogP contribution in [0.5, 0.6) is 0 Å². The number of rotatable bonds is 6. The quantitative estimate of drug-likeness (QED) is 0.677. The van der Waals surface area contributed by atoms with Crippen LogP contribution >= 0.6 is 12.2 Å². The first-order chi connectivity index (χ1) is 11.8. The number of nitrogens with zero attached hydrogens (tertiary/aromatic N) is 1. The van der Waals surface area contributed by atoms with Gasteiger partial charge < -0.3 is 14.6 Å². The summed E-state index contributed by atoms with van der Waals surface area (Å²) in [7, 11) is 0. The van der Waals surface area contributed by atoms with Crippen molar-refractivity contribution in [3.05, 3.63) is 95.9 Å². The minimum atomic E-state index is 0.641. The highest BCUT2D eigenvalue weighted by Gasteiger charge is 2.12. The van der Waals surface area contributed by atoms with E-state index < -0.39 is 0 Å². The second kappa shape index (κ2) is 8.31. The van der Waals surface area contributed by atoms with Gasteiger partial charge in [-0.2, -0.15) is 0 Å². The minimum Gasteiger partial charge on any atom is -0.467 e. The Bertz CT molecular complexity index is 742. The highest BCUT2D eigenvalue weighted by molar-refractivity contribution is 7.80. The molecular weight excluding hydrogens is 316 g/mol. The first-order valence-electron chi connectivity index (χ1n) is 7.94. The van der Waals surface area contributed by atoms with E-state index in [2.05, 4.69) is 34.5 Å². The van der Waals surface area contributed by atoms with E-state index in [1.54, 1.807) is 6.26 Å². The first-order valence-corrected chi connectivity index (χ1v) is 8.35. The van der Waals surface area contributed by atoms with Crippen molar-refractivity contribution in [1.82, 2.24) is 10.2 Å². The molecule has 3 nitrogen and oxygen atoms in total. The van der Waals surface area contributed by atoms with E-state index in [1.807, 2.05) is 48.5 Å². The molecule has 0 saturated carbocycles. The number of hydrogen-bond acceptors (Lipinski definition) is 2. The van der Waals surface area contributed by atoms with Crippen LogP contribution in [0.2, 0.25) is 0 Å². The van der Waals surface area contributed by atoms with Crippen molar-refractivity contribution in [2.24, 2.45) is 0 Å². The molecule has 1 heterocycles. The molecule has 0 saturated heterocycles. The molecule has 3 rings (SSSR count). The summed E-state index contributed by atoms with van der Waals surface area (Å²) in [6, 6.07) is 24.4. The van der Waals surface area contributed by atoms with Crippen molar-refractivity contribution < 1.29 is 4.42 Å². The van der Waals surface area contributed by atoms with Crippen LogP contribution in [0.3, 0.4) is 0 Å². The summed E-state index contributed by atoms with van der Waals surface area (Å²) in [5, 5.41) is 4.07. The monoisotopic (exact) mass is 336 g/mol. The first kappa shape index (κ1) is 16.3. The summed E-state index contributed by atoms with van der Waals surface area (Å²) in [6.45, 7) is 2.09. The molecule has 0 bridgehead atoms. The van der Waals surface area contributed by atoms with Crippen LogP contribution in [0.1, 0.15) is 16.9 Å². The average molecular weight is 336 g/mol.